The van der Waals surface area contributed by atoms with Gasteiger partial charge in [0, 0.05) is 29.5 Å². The van der Waals surface area contributed by atoms with Gasteiger partial charge in [-0.2, -0.15) is 0 Å². The number of benzene rings is 1. The van der Waals surface area contributed by atoms with Crippen LogP contribution in [0.15, 0.2) is 6.07 Å². The Balaban J connectivity index is 2.62. The summed E-state index contributed by atoms with van der Waals surface area (Å²) in [6, 6.07) is 1.96. The summed E-state index contributed by atoms with van der Waals surface area (Å²) in [5, 5.41) is 3.60. The Hall–Kier alpha value is -1.22. The van der Waals surface area contributed by atoms with E-state index in [0.717, 1.165) is 22.4 Å². The van der Waals surface area contributed by atoms with Crippen molar-refractivity contribution in [3.63, 3.8) is 0 Å². The van der Waals surface area contributed by atoms with Gasteiger partial charge in [-0.3, -0.25) is 4.79 Å². The molecular formula is C18H25ClNO2. The van der Waals surface area contributed by atoms with Gasteiger partial charge in [0.15, 0.2) is 0 Å². The van der Waals surface area contributed by atoms with Crippen molar-refractivity contribution in [1.29, 1.82) is 0 Å². The van der Waals surface area contributed by atoms with Crippen molar-refractivity contribution in [3.05, 3.63) is 34.7 Å². The number of ether oxygens (including phenoxy) is 1. The van der Waals surface area contributed by atoms with Gasteiger partial charge >= 0.3 is 0 Å². The van der Waals surface area contributed by atoms with Gasteiger partial charge in [0.25, 0.3) is 0 Å². The molecule has 0 spiro atoms. The fourth-order valence-corrected chi connectivity index (χ4v) is 3.24. The lowest BCUT2D eigenvalue weighted by Gasteiger charge is -2.31. The second kappa shape index (κ2) is 6.11. The third-order valence-electron chi connectivity index (χ3n) is 4.56. The molecule has 3 nitrogen and oxygen atoms in total. The quantitative estimate of drug-likeness (QED) is 0.904. The molecule has 1 aromatic rings. The van der Waals surface area contributed by atoms with E-state index in [0.29, 0.717) is 18.0 Å². The lowest BCUT2D eigenvalue weighted by Crippen LogP contribution is -2.18. The van der Waals surface area contributed by atoms with Crippen LogP contribution < -0.4 is 10.1 Å². The average Bonchev–Trinajstić information content (AvgIpc) is 2.85. The highest BCUT2D eigenvalue weighted by atomic mass is 35.5. The van der Waals surface area contributed by atoms with E-state index in [1.54, 1.807) is 7.11 Å². The first-order valence-corrected chi connectivity index (χ1v) is 8.01. The van der Waals surface area contributed by atoms with Crippen molar-refractivity contribution in [2.75, 3.05) is 13.7 Å². The molecule has 1 N–H and O–H groups in total. The topological polar surface area (TPSA) is 38.3 Å². The van der Waals surface area contributed by atoms with Crippen LogP contribution in [0.2, 0.25) is 5.02 Å². The first-order chi connectivity index (χ1) is 10.2. The fraction of sp³-hybridized carbons (Fsp3) is 0.556. The fourth-order valence-electron chi connectivity index (χ4n) is 3.02. The van der Waals surface area contributed by atoms with Gasteiger partial charge in [0.05, 0.1) is 7.11 Å². The molecule has 2 unspecified atom stereocenters. The van der Waals surface area contributed by atoms with Gasteiger partial charge in [-0.1, -0.05) is 32.4 Å². The van der Waals surface area contributed by atoms with Crippen LogP contribution in [0.5, 0.6) is 5.75 Å². The van der Waals surface area contributed by atoms with Gasteiger partial charge < -0.3 is 10.1 Å². The SMILES string of the molecule is [CH2]C(c1cc(Cl)c(C)c(C2CNC(=O)C2)c1OC)C(C)(C)C. The van der Waals surface area contributed by atoms with E-state index in [1.807, 2.05) is 13.0 Å². The molecule has 0 aliphatic carbocycles. The van der Waals surface area contributed by atoms with Crippen LogP contribution in [0.3, 0.4) is 0 Å². The predicted octanol–water partition coefficient (Wildman–Crippen LogP) is 4.22. The number of rotatable bonds is 3. The Morgan fingerprint density at radius 1 is 1.45 bits per heavy atom. The van der Waals surface area contributed by atoms with Crippen LogP contribution in [0, 0.1) is 19.3 Å². The smallest absolute Gasteiger partial charge is 0.220 e. The zero-order valence-electron chi connectivity index (χ0n) is 14.0. The summed E-state index contributed by atoms with van der Waals surface area (Å²) >= 11 is 6.47. The summed E-state index contributed by atoms with van der Waals surface area (Å²) in [5.41, 5.74) is 3.04. The molecule has 0 aromatic heterocycles. The van der Waals surface area contributed by atoms with E-state index in [9.17, 15) is 4.79 Å². The largest absolute Gasteiger partial charge is 0.496 e. The molecule has 1 aliphatic rings. The van der Waals surface area contributed by atoms with Crippen LogP contribution in [0.1, 0.15) is 55.7 Å². The van der Waals surface area contributed by atoms with Crippen molar-refractivity contribution in [1.82, 2.24) is 5.32 Å². The van der Waals surface area contributed by atoms with Crippen molar-refractivity contribution in [2.24, 2.45) is 5.41 Å². The minimum atomic E-state index is -0.00706. The van der Waals surface area contributed by atoms with Gasteiger partial charge in [-0.25, -0.2) is 0 Å². The number of methoxy groups -OCH3 is 1. The number of amides is 1. The van der Waals surface area contributed by atoms with Crippen molar-refractivity contribution < 1.29 is 9.53 Å². The molecule has 2 atom stereocenters. The summed E-state index contributed by atoms with van der Waals surface area (Å²) in [4.78, 5) is 11.6. The number of hydrogen-bond donors (Lipinski definition) is 1. The number of carbonyl (C=O) groups excluding carboxylic acids is 1. The molecule has 1 radical (unpaired) electrons. The van der Waals surface area contributed by atoms with Crippen LogP contribution in [-0.4, -0.2) is 19.6 Å². The summed E-state index contributed by atoms with van der Waals surface area (Å²) in [6.45, 7) is 13.4. The molecule has 2 rings (SSSR count). The molecule has 1 fully saturated rings. The molecule has 1 saturated heterocycles. The Morgan fingerprint density at radius 2 is 2.09 bits per heavy atom. The molecule has 0 bridgehead atoms. The molecule has 4 heteroatoms. The summed E-state index contributed by atoms with van der Waals surface area (Å²) < 4.78 is 5.74. The molecule has 1 aliphatic heterocycles. The van der Waals surface area contributed by atoms with Crippen molar-refractivity contribution in [2.45, 2.75) is 46.0 Å². The maximum atomic E-state index is 11.6. The number of nitrogens with one attached hydrogen (secondary N) is 1. The first-order valence-electron chi connectivity index (χ1n) is 7.63. The van der Waals surface area contributed by atoms with E-state index in [4.69, 9.17) is 16.3 Å². The number of hydrogen-bond acceptors (Lipinski definition) is 2. The maximum Gasteiger partial charge on any atom is 0.220 e. The van der Waals surface area contributed by atoms with E-state index >= 15 is 0 Å². The molecule has 0 saturated carbocycles. The van der Waals surface area contributed by atoms with Crippen molar-refractivity contribution >= 4 is 17.5 Å². The second-order valence-electron chi connectivity index (χ2n) is 7.14. The Labute approximate surface area is 138 Å². The summed E-state index contributed by atoms with van der Waals surface area (Å²) in [7, 11) is 1.68. The van der Waals surface area contributed by atoms with Crippen LogP contribution >= 0.6 is 11.6 Å². The minimum Gasteiger partial charge on any atom is -0.496 e. The Morgan fingerprint density at radius 3 is 2.55 bits per heavy atom. The van der Waals surface area contributed by atoms with E-state index in [-0.39, 0.29) is 23.2 Å². The monoisotopic (exact) mass is 322 g/mol. The Kier molecular flexibility index (Phi) is 4.76. The van der Waals surface area contributed by atoms with E-state index < -0.39 is 0 Å². The highest BCUT2D eigenvalue weighted by Crippen LogP contribution is 2.46. The molecule has 1 amide bonds. The lowest BCUT2D eigenvalue weighted by atomic mass is 9.76. The Bertz CT molecular complexity index is 590. The predicted molar refractivity (Wildman–Crippen MR) is 90.7 cm³/mol. The maximum absolute atomic E-state index is 11.6. The molecular weight excluding hydrogens is 298 g/mol. The van der Waals surface area contributed by atoms with E-state index in [1.165, 1.54) is 0 Å². The van der Waals surface area contributed by atoms with Gasteiger partial charge in [-0.05, 0) is 42.4 Å². The molecule has 1 heterocycles. The average molecular weight is 323 g/mol. The third kappa shape index (κ3) is 3.10. The highest BCUT2D eigenvalue weighted by Gasteiger charge is 2.32. The lowest BCUT2D eigenvalue weighted by molar-refractivity contribution is -0.119. The zero-order chi connectivity index (χ0) is 16.7. The zero-order valence-corrected chi connectivity index (χ0v) is 14.8. The van der Waals surface area contributed by atoms with Crippen LogP contribution in [0.4, 0.5) is 0 Å². The summed E-state index contributed by atoms with van der Waals surface area (Å²) in [6.07, 6.45) is 0.480. The van der Waals surface area contributed by atoms with Crippen LogP contribution in [-0.2, 0) is 4.79 Å². The third-order valence-corrected chi connectivity index (χ3v) is 4.95. The first kappa shape index (κ1) is 17.1. The van der Waals surface area contributed by atoms with Crippen LogP contribution in [0.25, 0.3) is 0 Å². The van der Waals surface area contributed by atoms with Gasteiger partial charge in [0.2, 0.25) is 5.91 Å². The number of carbonyl (C=O) groups is 1. The summed E-state index contributed by atoms with van der Waals surface area (Å²) in [5.74, 6) is 1.06. The van der Waals surface area contributed by atoms with Gasteiger partial charge in [-0.15, -0.1) is 0 Å². The van der Waals surface area contributed by atoms with Gasteiger partial charge in [0.1, 0.15) is 5.75 Å². The number of halogens is 1. The molecule has 22 heavy (non-hydrogen) atoms. The minimum absolute atomic E-state index is 0.00706. The standard InChI is InChI=1S/C18H25ClNO2/c1-10-14(19)8-13(11(2)18(3,4)5)17(22-6)16(10)12-7-15(21)20-9-12/h8,11-12H,2,7,9H2,1,3-6H3,(H,20,21). The normalized spacial score (nSPS) is 20.0. The second-order valence-corrected chi connectivity index (χ2v) is 7.55. The molecule has 1 aromatic carbocycles. The van der Waals surface area contributed by atoms with Crippen molar-refractivity contribution in [3.8, 4) is 5.75 Å². The highest BCUT2D eigenvalue weighted by molar-refractivity contribution is 6.31. The van der Waals surface area contributed by atoms with E-state index in [2.05, 4.69) is 33.0 Å². The molecule has 121 valence electrons.